The van der Waals surface area contributed by atoms with Crippen LogP contribution in [0.1, 0.15) is 48.7 Å². The highest BCUT2D eigenvalue weighted by Crippen LogP contribution is 2.42. The molecule has 1 heterocycles. The van der Waals surface area contributed by atoms with Crippen molar-refractivity contribution in [2.45, 2.75) is 32.3 Å². The van der Waals surface area contributed by atoms with Gasteiger partial charge < -0.3 is 9.26 Å². The van der Waals surface area contributed by atoms with Crippen molar-refractivity contribution < 1.29 is 9.26 Å². The van der Waals surface area contributed by atoms with Crippen molar-refractivity contribution in [2.75, 3.05) is 6.61 Å². The number of nitrogens with zero attached hydrogens (tertiary/aromatic N) is 3. The molecule has 5 nitrogen and oxygen atoms in total. The predicted molar refractivity (Wildman–Crippen MR) is 75.4 cm³/mol. The highest BCUT2D eigenvalue weighted by atomic mass is 16.5. The van der Waals surface area contributed by atoms with Gasteiger partial charge in [-0.05, 0) is 43.4 Å². The summed E-state index contributed by atoms with van der Waals surface area (Å²) in [7, 11) is 0. The monoisotopic (exact) mass is 283 g/mol. The Kier molecular flexibility index (Phi) is 3.98. The summed E-state index contributed by atoms with van der Waals surface area (Å²) in [5.74, 6) is 1.77. The number of rotatable bonds is 6. The first kappa shape index (κ1) is 13.8. The maximum atomic E-state index is 8.79. The summed E-state index contributed by atoms with van der Waals surface area (Å²) in [4.78, 5) is 4.46. The molecular formula is C16H17N3O2. The molecule has 3 rings (SSSR count). The minimum Gasteiger partial charge on any atom is -0.370 e. The first-order valence-corrected chi connectivity index (χ1v) is 7.23. The Morgan fingerprint density at radius 2 is 2.14 bits per heavy atom. The van der Waals surface area contributed by atoms with Gasteiger partial charge in [0.05, 0.1) is 18.1 Å². The molecular weight excluding hydrogens is 266 g/mol. The lowest BCUT2D eigenvalue weighted by atomic mass is 10.1. The van der Waals surface area contributed by atoms with Crippen LogP contribution in [0.15, 0.2) is 28.8 Å². The molecule has 0 spiro atoms. The normalized spacial score (nSPS) is 15.6. The number of aromatic nitrogens is 2. The van der Waals surface area contributed by atoms with Gasteiger partial charge in [0.2, 0.25) is 11.7 Å². The molecule has 21 heavy (non-hydrogen) atoms. The van der Waals surface area contributed by atoms with Gasteiger partial charge in [-0.25, -0.2) is 0 Å². The Morgan fingerprint density at radius 1 is 1.38 bits per heavy atom. The van der Waals surface area contributed by atoms with Crippen LogP contribution >= 0.6 is 0 Å². The van der Waals surface area contributed by atoms with Crippen LogP contribution in [-0.4, -0.2) is 16.7 Å². The van der Waals surface area contributed by atoms with Crippen molar-refractivity contribution in [2.24, 2.45) is 5.92 Å². The SMILES string of the molecule is CCOC(c1noc(Cc2ccc(C#N)cc2)n1)C1CC1. The number of hydrogen-bond acceptors (Lipinski definition) is 5. The number of benzene rings is 1. The second kappa shape index (κ2) is 6.06. The van der Waals surface area contributed by atoms with Gasteiger partial charge in [-0.2, -0.15) is 10.2 Å². The largest absolute Gasteiger partial charge is 0.370 e. The molecule has 0 aliphatic heterocycles. The topological polar surface area (TPSA) is 71.9 Å². The van der Waals surface area contributed by atoms with Crippen molar-refractivity contribution in [3.63, 3.8) is 0 Å². The molecule has 0 N–H and O–H groups in total. The Balaban J connectivity index is 1.70. The first-order chi connectivity index (χ1) is 10.3. The van der Waals surface area contributed by atoms with E-state index in [1.807, 2.05) is 19.1 Å². The molecule has 1 fully saturated rings. The second-order valence-corrected chi connectivity index (χ2v) is 5.25. The van der Waals surface area contributed by atoms with Gasteiger partial charge >= 0.3 is 0 Å². The molecule has 1 saturated carbocycles. The van der Waals surface area contributed by atoms with Crippen LogP contribution in [0, 0.1) is 17.2 Å². The van der Waals surface area contributed by atoms with Crippen LogP contribution in [0.5, 0.6) is 0 Å². The molecule has 0 bridgehead atoms. The van der Waals surface area contributed by atoms with Crippen LogP contribution in [-0.2, 0) is 11.2 Å². The fraction of sp³-hybridized carbons (Fsp3) is 0.438. The maximum Gasteiger partial charge on any atom is 0.231 e. The van der Waals surface area contributed by atoms with Crippen molar-refractivity contribution in [3.05, 3.63) is 47.1 Å². The summed E-state index contributed by atoms with van der Waals surface area (Å²) in [5.41, 5.74) is 1.69. The molecule has 1 aliphatic rings. The summed E-state index contributed by atoms with van der Waals surface area (Å²) >= 11 is 0. The summed E-state index contributed by atoms with van der Waals surface area (Å²) in [5, 5.41) is 12.8. The Morgan fingerprint density at radius 3 is 2.76 bits per heavy atom. The lowest BCUT2D eigenvalue weighted by Gasteiger charge is -2.10. The Hall–Kier alpha value is -2.19. The lowest BCUT2D eigenvalue weighted by Crippen LogP contribution is -2.08. The van der Waals surface area contributed by atoms with E-state index in [0.717, 1.165) is 5.56 Å². The maximum absolute atomic E-state index is 8.79. The zero-order valence-corrected chi connectivity index (χ0v) is 12.0. The fourth-order valence-electron chi connectivity index (χ4n) is 2.33. The molecule has 1 atom stereocenters. The molecule has 2 aromatic rings. The highest BCUT2D eigenvalue weighted by Gasteiger charge is 2.36. The van der Waals surface area contributed by atoms with Crippen LogP contribution in [0.25, 0.3) is 0 Å². The van der Waals surface area contributed by atoms with Crippen LogP contribution in [0.2, 0.25) is 0 Å². The van der Waals surface area contributed by atoms with E-state index in [0.29, 0.717) is 36.2 Å². The van der Waals surface area contributed by atoms with Gasteiger partial charge in [0, 0.05) is 6.61 Å². The minimum atomic E-state index is -0.0338. The zero-order chi connectivity index (χ0) is 14.7. The molecule has 1 aromatic heterocycles. The van der Waals surface area contributed by atoms with Crippen LogP contribution in [0.3, 0.4) is 0 Å². The quantitative estimate of drug-likeness (QED) is 0.814. The number of nitriles is 1. The molecule has 0 amide bonds. The van der Waals surface area contributed by atoms with Gasteiger partial charge in [0.1, 0.15) is 6.10 Å². The molecule has 0 radical (unpaired) electrons. The van der Waals surface area contributed by atoms with Crippen LogP contribution < -0.4 is 0 Å². The van der Waals surface area contributed by atoms with E-state index in [1.165, 1.54) is 12.8 Å². The zero-order valence-electron chi connectivity index (χ0n) is 12.0. The smallest absolute Gasteiger partial charge is 0.231 e. The van der Waals surface area contributed by atoms with Crippen molar-refractivity contribution in [1.82, 2.24) is 10.1 Å². The average molecular weight is 283 g/mol. The van der Waals surface area contributed by atoms with E-state index in [1.54, 1.807) is 12.1 Å². The first-order valence-electron chi connectivity index (χ1n) is 7.23. The summed E-state index contributed by atoms with van der Waals surface area (Å²) < 4.78 is 11.0. The van der Waals surface area contributed by atoms with E-state index < -0.39 is 0 Å². The molecule has 1 aliphatic carbocycles. The Bertz CT molecular complexity index is 638. The highest BCUT2D eigenvalue weighted by molar-refractivity contribution is 5.32. The molecule has 0 saturated heterocycles. The third-order valence-electron chi connectivity index (χ3n) is 3.57. The molecule has 108 valence electrons. The van der Waals surface area contributed by atoms with Gasteiger partial charge in [-0.3, -0.25) is 0 Å². The average Bonchev–Trinajstić information content (AvgIpc) is 3.25. The predicted octanol–water partition coefficient (Wildman–Crippen LogP) is 3.02. The fourth-order valence-corrected chi connectivity index (χ4v) is 2.33. The van der Waals surface area contributed by atoms with Crippen LogP contribution in [0.4, 0.5) is 0 Å². The van der Waals surface area contributed by atoms with E-state index in [-0.39, 0.29) is 6.10 Å². The summed E-state index contributed by atoms with van der Waals surface area (Å²) in [6, 6.07) is 9.50. The van der Waals surface area contributed by atoms with E-state index in [4.69, 9.17) is 14.5 Å². The Labute approximate surface area is 123 Å². The van der Waals surface area contributed by atoms with E-state index >= 15 is 0 Å². The van der Waals surface area contributed by atoms with Gasteiger partial charge in [-0.1, -0.05) is 17.3 Å². The van der Waals surface area contributed by atoms with Crippen molar-refractivity contribution in [1.29, 1.82) is 5.26 Å². The third kappa shape index (κ3) is 3.29. The molecule has 1 aromatic carbocycles. The van der Waals surface area contributed by atoms with Gasteiger partial charge in [0.25, 0.3) is 0 Å². The molecule has 5 heteroatoms. The standard InChI is InChI=1S/C16H17N3O2/c1-2-20-15(13-7-8-13)16-18-14(21-19-16)9-11-3-5-12(10-17)6-4-11/h3-6,13,15H,2,7-9H2,1H3. The summed E-state index contributed by atoms with van der Waals surface area (Å²) in [6.45, 7) is 2.63. The van der Waals surface area contributed by atoms with E-state index in [9.17, 15) is 0 Å². The van der Waals surface area contributed by atoms with Crippen molar-refractivity contribution in [3.8, 4) is 6.07 Å². The van der Waals surface area contributed by atoms with Gasteiger partial charge in [0.15, 0.2) is 0 Å². The summed E-state index contributed by atoms with van der Waals surface area (Å²) in [6.07, 6.45) is 2.88. The number of ether oxygens (including phenoxy) is 1. The second-order valence-electron chi connectivity index (χ2n) is 5.25. The van der Waals surface area contributed by atoms with E-state index in [2.05, 4.69) is 16.2 Å². The lowest BCUT2D eigenvalue weighted by molar-refractivity contribution is 0.0384. The third-order valence-corrected chi connectivity index (χ3v) is 3.57. The van der Waals surface area contributed by atoms with Crippen molar-refractivity contribution >= 4 is 0 Å². The molecule has 1 unspecified atom stereocenters. The van der Waals surface area contributed by atoms with Gasteiger partial charge in [-0.15, -0.1) is 0 Å². The number of hydrogen-bond donors (Lipinski definition) is 0. The minimum absolute atomic E-state index is 0.0338.